The number of para-hydroxylation sites is 2. The molecule has 0 unspecified atom stereocenters. The lowest BCUT2D eigenvalue weighted by Crippen LogP contribution is -2.34. The molecule has 3 N–H and O–H groups in total. The lowest BCUT2D eigenvalue weighted by atomic mass is 10.1. The van der Waals surface area contributed by atoms with Crippen LogP contribution in [0.5, 0.6) is 0 Å². The van der Waals surface area contributed by atoms with Gasteiger partial charge in [0.25, 0.3) is 0 Å². The number of aryl methyl sites for hydroxylation is 1. The number of sulfonamides is 1. The quantitative estimate of drug-likeness (QED) is 0.574. The van der Waals surface area contributed by atoms with Crippen molar-refractivity contribution in [1.82, 2.24) is 14.5 Å². The zero-order chi connectivity index (χ0) is 21.0. The van der Waals surface area contributed by atoms with Gasteiger partial charge in [0, 0.05) is 13.1 Å². The molecule has 3 aromatic rings. The lowest BCUT2D eigenvalue weighted by Gasteiger charge is -2.07. The van der Waals surface area contributed by atoms with Crippen molar-refractivity contribution in [3.63, 3.8) is 0 Å². The number of nitrogens with two attached hydrogens (primary N) is 1. The van der Waals surface area contributed by atoms with Gasteiger partial charge < -0.3 is 5.32 Å². The number of aromatic nitrogens is 2. The SMILES string of the molecule is CCCn1c(=O)n(CC(=O)NCCc2ccc(S(N)(=O)=O)cc2)c2ccccc21. The van der Waals surface area contributed by atoms with Crippen molar-refractivity contribution >= 4 is 27.0 Å². The molecule has 0 bridgehead atoms. The van der Waals surface area contributed by atoms with Crippen molar-refractivity contribution < 1.29 is 13.2 Å². The van der Waals surface area contributed by atoms with E-state index in [1.165, 1.54) is 16.7 Å². The summed E-state index contributed by atoms with van der Waals surface area (Å²) in [6, 6.07) is 13.6. The summed E-state index contributed by atoms with van der Waals surface area (Å²) in [5, 5.41) is 7.88. The average molecular weight is 417 g/mol. The number of hydrogen-bond acceptors (Lipinski definition) is 4. The van der Waals surface area contributed by atoms with Crippen LogP contribution in [-0.2, 0) is 34.3 Å². The van der Waals surface area contributed by atoms with Gasteiger partial charge in [0.1, 0.15) is 6.54 Å². The van der Waals surface area contributed by atoms with Gasteiger partial charge in [-0.2, -0.15) is 0 Å². The van der Waals surface area contributed by atoms with E-state index in [0.717, 1.165) is 23.0 Å². The first kappa shape index (κ1) is 20.8. The van der Waals surface area contributed by atoms with E-state index < -0.39 is 10.0 Å². The maximum atomic E-state index is 12.7. The molecule has 8 nitrogen and oxygen atoms in total. The van der Waals surface area contributed by atoms with E-state index in [1.807, 2.05) is 31.2 Å². The smallest absolute Gasteiger partial charge is 0.329 e. The fraction of sp³-hybridized carbons (Fsp3) is 0.300. The van der Waals surface area contributed by atoms with E-state index in [4.69, 9.17) is 5.14 Å². The standard InChI is InChI=1S/C20H24N4O4S/c1-2-13-23-17-5-3-4-6-18(17)24(20(23)26)14-19(25)22-12-11-15-7-9-16(10-8-15)29(21,27)28/h3-10H,2,11-14H2,1H3,(H,22,25)(H2,21,27,28). The van der Waals surface area contributed by atoms with E-state index >= 15 is 0 Å². The minimum Gasteiger partial charge on any atom is -0.354 e. The van der Waals surface area contributed by atoms with E-state index in [2.05, 4.69) is 5.32 Å². The Morgan fingerprint density at radius 2 is 1.66 bits per heavy atom. The second kappa shape index (κ2) is 8.62. The van der Waals surface area contributed by atoms with Gasteiger partial charge in [-0.1, -0.05) is 31.2 Å². The van der Waals surface area contributed by atoms with Crippen LogP contribution < -0.4 is 16.1 Å². The van der Waals surface area contributed by atoms with Crippen molar-refractivity contribution in [3.05, 3.63) is 64.6 Å². The van der Waals surface area contributed by atoms with E-state index in [1.54, 1.807) is 16.7 Å². The van der Waals surface area contributed by atoms with Gasteiger partial charge >= 0.3 is 5.69 Å². The molecule has 0 saturated carbocycles. The largest absolute Gasteiger partial charge is 0.354 e. The Labute approximate surface area is 169 Å². The van der Waals surface area contributed by atoms with Crippen molar-refractivity contribution in [2.45, 2.75) is 37.8 Å². The molecule has 0 aliphatic heterocycles. The predicted octanol–water partition coefficient (Wildman–Crippen LogP) is 1.22. The molecule has 0 radical (unpaired) electrons. The highest BCUT2D eigenvalue weighted by atomic mass is 32.2. The van der Waals surface area contributed by atoms with Crippen LogP contribution in [0.2, 0.25) is 0 Å². The van der Waals surface area contributed by atoms with Crippen LogP contribution in [0.25, 0.3) is 11.0 Å². The summed E-state index contributed by atoms with van der Waals surface area (Å²) < 4.78 is 25.7. The molecule has 3 rings (SSSR count). The highest BCUT2D eigenvalue weighted by Gasteiger charge is 2.14. The number of fused-ring (bicyclic) bond motifs is 1. The summed E-state index contributed by atoms with van der Waals surface area (Å²) in [5.41, 5.74) is 2.23. The van der Waals surface area contributed by atoms with Gasteiger partial charge in [-0.15, -0.1) is 0 Å². The second-order valence-electron chi connectivity index (χ2n) is 6.80. The minimum absolute atomic E-state index is 0.0492. The molecule has 29 heavy (non-hydrogen) atoms. The molecule has 0 saturated heterocycles. The fourth-order valence-electron chi connectivity index (χ4n) is 3.26. The third kappa shape index (κ3) is 4.75. The molecule has 154 valence electrons. The molecule has 0 spiro atoms. The van der Waals surface area contributed by atoms with Gasteiger partial charge in [0.15, 0.2) is 0 Å². The number of rotatable bonds is 8. The molecule has 1 heterocycles. The summed E-state index contributed by atoms with van der Waals surface area (Å²) in [4.78, 5) is 25.1. The zero-order valence-corrected chi connectivity index (χ0v) is 17.0. The van der Waals surface area contributed by atoms with Gasteiger partial charge in [0.2, 0.25) is 15.9 Å². The Balaban J connectivity index is 1.64. The zero-order valence-electron chi connectivity index (χ0n) is 16.2. The maximum Gasteiger partial charge on any atom is 0.329 e. The minimum atomic E-state index is -3.72. The Kier molecular flexibility index (Phi) is 6.19. The summed E-state index contributed by atoms with van der Waals surface area (Å²) >= 11 is 0. The Bertz CT molecular complexity index is 1180. The first-order chi connectivity index (χ1) is 13.8. The number of nitrogens with zero attached hydrogens (tertiary/aromatic N) is 2. The van der Waals surface area contributed by atoms with Crippen LogP contribution >= 0.6 is 0 Å². The van der Waals surface area contributed by atoms with Gasteiger partial charge in [-0.3, -0.25) is 13.9 Å². The molecule has 0 aliphatic rings. The molecule has 0 fully saturated rings. The van der Waals surface area contributed by atoms with Gasteiger partial charge in [0.05, 0.1) is 15.9 Å². The fourth-order valence-corrected chi connectivity index (χ4v) is 3.77. The van der Waals surface area contributed by atoms with E-state index in [-0.39, 0.29) is 23.0 Å². The summed E-state index contributed by atoms with van der Waals surface area (Å²) in [7, 11) is -3.72. The third-order valence-corrected chi connectivity index (χ3v) is 5.59. The maximum absolute atomic E-state index is 12.7. The average Bonchev–Trinajstić information content (AvgIpc) is 2.94. The van der Waals surface area contributed by atoms with Crippen LogP contribution in [-0.4, -0.2) is 30.0 Å². The van der Waals surface area contributed by atoms with Crippen LogP contribution in [0.15, 0.2) is 58.2 Å². The molecular formula is C20H24N4O4S. The number of imidazole rings is 1. The van der Waals surface area contributed by atoms with Gasteiger partial charge in [-0.25, -0.2) is 18.4 Å². The highest BCUT2D eigenvalue weighted by molar-refractivity contribution is 7.89. The van der Waals surface area contributed by atoms with E-state index in [9.17, 15) is 18.0 Å². The molecule has 1 aromatic heterocycles. The Morgan fingerprint density at radius 1 is 1.03 bits per heavy atom. The summed E-state index contributed by atoms with van der Waals surface area (Å²) in [6.07, 6.45) is 1.35. The Morgan fingerprint density at radius 3 is 2.24 bits per heavy atom. The topological polar surface area (TPSA) is 116 Å². The number of amides is 1. The second-order valence-corrected chi connectivity index (χ2v) is 8.36. The van der Waals surface area contributed by atoms with Crippen molar-refractivity contribution in [2.75, 3.05) is 6.54 Å². The van der Waals surface area contributed by atoms with Crippen LogP contribution in [0.3, 0.4) is 0 Å². The first-order valence-electron chi connectivity index (χ1n) is 9.37. The number of hydrogen-bond donors (Lipinski definition) is 2. The van der Waals surface area contributed by atoms with Gasteiger partial charge in [-0.05, 0) is 42.7 Å². The van der Waals surface area contributed by atoms with E-state index in [0.29, 0.717) is 19.5 Å². The molecule has 1 amide bonds. The predicted molar refractivity (Wildman–Crippen MR) is 111 cm³/mol. The number of nitrogens with one attached hydrogen (secondary N) is 1. The molecular weight excluding hydrogens is 392 g/mol. The van der Waals surface area contributed by atoms with Crippen molar-refractivity contribution in [3.8, 4) is 0 Å². The Hall–Kier alpha value is -2.91. The summed E-state index contributed by atoms with van der Waals surface area (Å²) in [6.45, 7) is 2.92. The number of benzene rings is 2. The first-order valence-corrected chi connectivity index (χ1v) is 10.9. The lowest BCUT2D eigenvalue weighted by molar-refractivity contribution is -0.121. The highest BCUT2D eigenvalue weighted by Crippen LogP contribution is 2.13. The number of carbonyl (C=O) groups excluding carboxylic acids is 1. The number of primary sulfonamides is 1. The number of carbonyl (C=O) groups is 1. The third-order valence-electron chi connectivity index (χ3n) is 4.66. The monoisotopic (exact) mass is 416 g/mol. The van der Waals surface area contributed by atoms with Crippen molar-refractivity contribution in [2.24, 2.45) is 5.14 Å². The normalized spacial score (nSPS) is 11.7. The van der Waals surface area contributed by atoms with Crippen molar-refractivity contribution in [1.29, 1.82) is 0 Å². The van der Waals surface area contributed by atoms with Crippen LogP contribution in [0.1, 0.15) is 18.9 Å². The molecule has 9 heteroatoms. The molecule has 2 aromatic carbocycles. The molecule has 0 atom stereocenters. The van der Waals surface area contributed by atoms with Crippen LogP contribution in [0, 0.1) is 0 Å². The van der Waals surface area contributed by atoms with Crippen LogP contribution in [0.4, 0.5) is 0 Å². The molecule has 0 aliphatic carbocycles. The summed E-state index contributed by atoms with van der Waals surface area (Å²) in [5.74, 6) is -0.257.